The lowest BCUT2D eigenvalue weighted by Gasteiger charge is -2.12. The van der Waals surface area contributed by atoms with Gasteiger partial charge in [0.1, 0.15) is 5.82 Å². The molecule has 0 atom stereocenters. The molecular formula is C15H20FN. The van der Waals surface area contributed by atoms with Crippen LogP contribution in [0.4, 0.5) is 4.39 Å². The van der Waals surface area contributed by atoms with Gasteiger partial charge in [-0.3, -0.25) is 0 Å². The van der Waals surface area contributed by atoms with Crippen LogP contribution in [0.5, 0.6) is 0 Å². The summed E-state index contributed by atoms with van der Waals surface area (Å²) in [5.74, 6) is 0.304. The van der Waals surface area contributed by atoms with E-state index >= 15 is 0 Å². The average Bonchev–Trinajstić information content (AvgIpc) is 3.10. The minimum Gasteiger partial charge on any atom is -0.310 e. The van der Waals surface area contributed by atoms with E-state index in [-0.39, 0.29) is 5.82 Å². The fourth-order valence-corrected chi connectivity index (χ4v) is 1.76. The normalized spacial score (nSPS) is 16.6. The van der Waals surface area contributed by atoms with Crippen molar-refractivity contribution in [3.8, 4) is 0 Å². The molecule has 0 amide bonds. The molecule has 1 N–H and O–H groups in total. The van der Waals surface area contributed by atoms with E-state index in [9.17, 15) is 4.39 Å². The second-order valence-corrected chi connectivity index (χ2v) is 5.05. The summed E-state index contributed by atoms with van der Waals surface area (Å²) in [5, 5.41) is 3.49. The first-order valence-corrected chi connectivity index (χ1v) is 6.35. The molecule has 0 unspecified atom stereocenters. The van der Waals surface area contributed by atoms with Crippen LogP contribution in [0.2, 0.25) is 0 Å². The minimum absolute atomic E-state index is 0.142. The first-order valence-electron chi connectivity index (χ1n) is 6.35. The second kappa shape index (κ2) is 5.46. The number of rotatable bonds is 5. The molecule has 92 valence electrons. The highest BCUT2D eigenvalue weighted by atomic mass is 19.1. The molecule has 1 nitrogen and oxygen atoms in total. The highest BCUT2D eigenvalue weighted by Gasteiger charge is 2.20. The van der Waals surface area contributed by atoms with Gasteiger partial charge >= 0.3 is 0 Å². The zero-order valence-corrected chi connectivity index (χ0v) is 10.5. The van der Waals surface area contributed by atoms with Crippen molar-refractivity contribution in [3.63, 3.8) is 0 Å². The standard InChI is InChI=1S/C15H20FN/c1-11(2)13(10-17-14-7-8-14)9-12-5-3-4-6-15(12)16/h3-6,9,11,14,17H,7-8,10H2,1-2H3. The molecule has 2 heteroatoms. The van der Waals surface area contributed by atoms with Crippen molar-refractivity contribution >= 4 is 6.08 Å². The van der Waals surface area contributed by atoms with Crippen molar-refractivity contribution in [1.29, 1.82) is 0 Å². The van der Waals surface area contributed by atoms with Gasteiger partial charge in [-0.05, 0) is 24.8 Å². The lowest BCUT2D eigenvalue weighted by Crippen LogP contribution is -2.21. The van der Waals surface area contributed by atoms with E-state index in [1.54, 1.807) is 6.07 Å². The van der Waals surface area contributed by atoms with Crippen LogP contribution in [0.1, 0.15) is 32.3 Å². The van der Waals surface area contributed by atoms with Gasteiger partial charge in [0.25, 0.3) is 0 Å². The van der Waals surface area contributed by atoms with Gasteiger partial charge in [-0.2, -0.15) is 0 Å². The van der Waals surface area contributed by atoms with E-state index in [1.165, 1.54) is 24.5 Å². The summed E-state index contributed by atoms with van der Waals surface area (Å²) < 4.78 is 13.6. The first kappa shape index (κ1) is 12.3. The Bertz CT molecular complexity index is 405. The Hall–Kier alpha value is -1.15. The molecule has 1 aromatic rings. The molecule has 2 rings (SSSR count). The summed E-state index contributed by atoms with van der Waals surface area (Å²) in [4.78, 5) is 0. The molecule has 1 fully saturated rings. The van der Waals surface area contributed by atoms with Crippen LogP contribution in [-0.2, 0) is 0 Å². The Morgan fingerprint density at radius 1 is 1.41 bits per heavy atom. The van der Waals surface area contributed by atoms with Crippen molar-refractivity contribution in [2.45, 2.75) is 32.7 Å². The van der Waals surface area contributed by atoms with Crippen LogP contribution in [0.15, 0.2) is 29.8 Å². The highest BCUT2D eigenvalue weighted by molar-refractivity contribution is 5.54. The third-order valence-electron chi connectivity index (χ3n) is 3.16. The monoisotopic (exact) mass is 233 g/mol. The lowest BCUT2D eigenvalue weighted by atomic mass is 10.00. The molecule has 1 aliphatic carbocycles. The first-order chi connectivity index (χ1) is 8.16. The van der Waals surface area contributed by atoms with Gasteiger partial charge in [-0.25, -0.2) is 4.39 Å². The van der Waals surface area contributed by atoms with Gasteiger partial charge < -0.3 is 5.32 Å². The summed E-state index contributed by atoms with van der Waals surface area (Å²) in [5.41, 5.74) is 1.95. The van der Waals surface area contributed by atoms with Crippen LogP contribution < -0.4 is 5.32 Å². The Morgan fingerprint density at radius 2 is 2.12 bits per heavy atom. The van der Waals surface area contributed by atoms with Gasteiger partial charge in [0, 0.05) is 18.2 Å². The molecule has 0 aromatic heterocycles. The van der Waals surface area contributed by atoms with Gasteiger partial charge in [0.2, 0.25) is 0 Å². The summed E-state index contributed by atoms with van der Waals surface area (Å²) in [6.07, 6.45) is 4.55. The summed E-state index contributed by atoms with van der Waals surface area (Å²) in [6.45, 7) is 5.18. The molecule has 0 heterocycles. The Labute approximate surface area is 103 Å². The van der Waals surface area contributed by atoms with Crippen molar-refractivity contribution in [1.82, 2.24) is 5.32 Å². The van der Waals surface area contributed by atoms with Crippen LogP contribution in [0.25, 0.3) is 6.08 Å². The lowest BCUT2D eigenvalue weighted by molar-refractivity contribution is 0.623. The quantitative estimate of drug-likeness (QED) is 0.819. The molecule has 1 aliphatic rings. The maximum Gasteiger partial charge on any atom is 0.130 e. The zero-order valence-electron chi connectivity index (χ0n) is 10.5. The molecular weight excluding hydrogens is 213 g/mol. The molecule has 1 aromatic carbocycles. The number of hydrogen-bond acceptors (Lipinski definition) is 1. The van der Waals surface area contributed by atoms with Gasteiger partial charge in [0.05, 0.1) is 0 Å². The topological polar surface area (TPSA) is 12.0 Å². The zero-order chi connectivity index (χ0) is 12.3. The third kappa shape index (κ3) is 3.67. The van der Waals surface area contributed by atoms with Crippen molar-refractivity contribution < 1.29 is 4.39 Å². The third-order valence-corrected chi connectivity index (χ3v) is 3.16. The summed E-state index contributed by atoms with van der Waals surface area (Å²) >= 11 is 0. The molecule has 0 saturated heterocycles. The average molecular weight is 233 g/mol. The fourth-order valence-electron chi connectivity index (χ4n) is 1.76. The number of halogens is 1. The van der Waals surface area contributed by atoms with Gasteiger partial charge in [-0.1, -0.05) is 43.7 Å². The predicted octanol–water partition coefficient (Wildman–Crippen LogP) is 3.62. The molecule has 0 spiro atoms. The van der Waals surface area contributed by atoms with Gasteiger partial charge in [0.15, 0.2) is 0 Å². The molecule has 17 heavy (non-hydrogen) atoms. The van der Waals surface area contributed by atoms with Crippen LogP contribution in [-0.4, -0.2) is 12.6 Å². The van der Waals surface area contributed by atoms with E-state index in [0.29, 0.717) is 17.5 Å². The molecule has 0 radical (unpaired) electrons. The highest BCUT2D eigenvalue weighted by Crippen LogP contribution is 2.21. The van der Waals surface area contributed by atoms with Gasteiger partial charge in [-0.15, -0.1) is 0 Å². The smallest absolute Gasteiger partial charge is 0.130 e. The molecule has 0 aliphatic heterocycles. The Kier molecular flexibility index (Phi) is 3.95. The SMILES string of the molecule is CC(C)C(=Cc1ccccc1F)CNC1CC1. The van der Waals surface area contributed by atoms with E-state index in [0.717, 1.165) is 6.54 Å². The Balaban J connectivity index is 2.10. The largest absolute Gasteiger partial charge is 0.310 e. The fraction of sp³-hybridized carbons (Fsp3) is 0.467. The van der Waals surface area contributed by atoms with Crippen LogP contribution in [0, 0.1) is 11.7 Å². The summed E-state index contributed by atoms with van der Waals surface area (Å²) in [7, 11) is 0. The number of hydrogen-bond donors (Lipinski definition) is 1. The van der Waals surface area contributed by atoms with Crippen molar-refractivity contribution in [3.05, 3.63) is 41.2 Å². The van der Waals surface area contributed by atoms with E-state index in [4.69, 9.17) is 0 Å². The van der Waals surface area contributed by atoms with Crippen LogP contribution >= 0.6 is 0 Å². The number of benzene rings is 1. The molecule has 0 bridgehead atoms. The van der Waals surface area contributed by atoms with Crippen molar-refractivity contribution in [2.24, 2.45) is 5.92 Å². The number of nitrogens with one attached hydrogen (secondary N) is 1. The second-order valence-electron chi connectivity index (χ2n) is 5.05. The maximum atomic E-state index is 13.6. The predicted molar refractivity (Wildman–Crippen MR) is 70.2 cm³/mol. The maximum absolute atomic E-state index is 13.6. The Morgan fingerprint density at radius 3 is 2.71 bits per heavy atom. The minimum atomic E-state index is -0.142. The van der Waals surface area contributed by atoms with E-state index < -0.39 is 0 Å². The van der Waals surface area contributed by atoms with Crippen molar-refractivity contribution in [2.75, 3.05) is 6.54 Å². The summed E-state index contributed by atoms with van der Waals surface area (Å²) in [6, 6.07) is 7.64. The van der Waals surface area contributed by atoms with Crippen LogP contribution in [0.3, 0.4) is 0 Å². The van der Waals surface area contributed by atoms with E-state index in [2.05, 4.69) is 19.2 Å². The van der Waals surface area contributed by atoms with E-state index in [1.807, 2.05) is 18.2 Å². The molecule has 1 saturated carbocycles.